The van der Waals surface area contributed by atoms with Gasteiger partial charge in [-0.2, -0.15) is 9.59 Å². The highest BCUT2D eigenvalue weighted by atomic mass is 16.5. The van der Waals surface area contributed by atoms with Gasteiger partial charge in [-0.05, 0) is 12.3 Å². The Morgan fingerprint density at radius 3 is 2.18 bits per heavy atom. The molecule has 3 nitrogen and oxygen atoms in total. The zero-order valence-electron chi connectivity index (χ0n) is 7.42. The summed E-state index contributed by atoms with van der Waals surface area (Å²) in [4.78, 5) is 16.2. The van der Waals surface area contributed by atoms with Crippen LogP contribution < -0.4 is 0 Å². The minimum absolute atomic E-state index is 0.250. The van der Waals surface area contributed by atoms with Crippen LogP contribution in [0, 0.1) is 5.92 Å². The molecule has 0 bridgehead atoms. The molecule has 0 heterocycles. The highest BCUT2D eigenvalue weighted by Crippen LogP contribution is 2.03. The smallest absolute Gasteiger partial charge is 0.373 e. The maximum atomic E-state index is 8.12. The molecule has 1 atom stereocenters. The van der Waals surface area contributed by atoms with Crippen molar-refractivity contribution in [3.8, 4) is 0 Å². The maximum absolute atomic E-state index is 8.12. The normalized spacial score (nSPS) is 10.8. The standard InChI is InChI=1S/C7H16O.CO2/c1-4-5-7(2)6-8-3;2-1-3/h7H,4-6H2,1-3H3;/t7-;/m1./s1. The Morgan fingerprint density at radius 1 is 1.45 bits per heavy atom. The van der Waals surface area contributed by atoms with E-state index in [1.165, 1.54) is 12.8 Å². The zero-order chi connectivity index (χ0) is 9.11. The number of ether oxygens (including phenoxy) is 1. The monoisotopic (exact) mass is 160 g/mol. The average Bonchev–Trinajstić information content (AvgIpc) is 1.90. The molecule has 0 saturated heterocycles. The summed E-state index contributed by atoms with van der Waals surface area (Å²) < 4.78 is 4.96. The van der Waals surface area contributed by atoms with Gasteiger partial charge in [-0.1, -0.05) is 20.3 Å². The van der Waals surface area contributed by atoms with Crippen LogP contribution in [0.3, 0.4) is 0 Å². The Kier molecular flexibility index (Phi) is 14.2. The fourth-order valence-electron chi connectivity index (χ4n) is 0.861. The fraction of sp³-hybridized carbons (Fsp3) is 0.875. The van der Waals surface area contributed by atoms with Crippen molar-refractivity contribution in [3.63, 3.8) is 0 Å². The first-order chi connectivity index (χ1) is 5.22. The minimum Gasteiger partial charge on any atom is -0.384 e. The third kappa shape index (κ3) is 17.6. The van der Waals surface area contributed by atoms with Crippen molar-refractivity contribution >= 4 is 6.15 Å². The van der Waals surface area contributed by atoms with Crippen molar-refractivity contribution < 1.29 is 14.3 Å². The molecule has 0 aromatic rings. The van der Waals surface area contributed by atoms with E-state index < -0.39 is 0 Å². The van der Waals surface area contributed by atoms with Crippen molar-refractivity contribution in [2.45, 2.75) is 26.7 Å². The molecule has 0 N–H and O–H groups in total. The van der Waals surface area contributed by atoms with Crippen molar-refractivity contribution in [1.82, 2.24) is 0 Å². The van der Waals surface area contributed by atoms with Gasteiger partial charge in [0, 0.05) is 13.7 Å². The first-order valence-electron chi connectivity index (χ1n) is 3.71. The van der Waals surface area contributed by atoms with Gasteiger partial charge in [0.1, 0.15) is 0 Å². The van der Waals surface area contributed by atoms with Crippen LogP contribution in [0.2, 0.25) is 0 Å². The SMILES string of the molecule is CCC[C@@H](C)COC.O=C=O. The average molecular weight is 160 g/mol. The van der Waals surface area contributed by atoms with Gasteiger partial charge in [0.2, 0.25) is 0 Å². The van der Waals surface area contributed by atoms with Crippen LogP contribution in [0.1, 0.15) is 26.7 Å². The molecule has 0 aliphatic heterocycles. The second kappa shape index (κ2) is 12.1. The van der Waals surface area contributed by atoms with E-state index in [1.807, 2.05) is 0 Å². The zero-order valence-corrected chi connectivity index (χ0v) is 7.42. The molecule has 0 rings (SSSR count). The molecule has 0 fully saturated rings. The van der Waals surface area contributed by atoms with Gasteiger partial charge in [0.15, 0.2) is 0 Å². The molecule has 0 aliphatic carbocycles. The topological polar surface area (TPSA) is 43.4 Å². The largest absolute Gasteiger partial charge is 0.384 e. The van der Waals surface area contributed by atoms with E-state index in [9.17, 15) is 0 Å². The van der Waals surface area contributed by atoms with Crippen LogP contribution in [0.25, 0.3) is 0 Å². The van der Waals surface area contributed by atoms with Crippen molar-refractivity contribution in [3.05, 3.63) is 0 Å². The number of hydrogen-bond acceptors (Lipinski definition) is 3. The number of methoxy groups -OCH3 is 1. The summed E-state index contributed by atoms with van der Waals surface area (Å²) in [5.74, 6) is 0.741. The molecule has 3 heteroatoms. The molecule has 0 amide bonds. The lowest BCUT2D eigenvalue weighted by molar-refractivity contribution is -0.191. The predicted octanol–water partition coefficient (Wildman–Crippen LogP) is 1.49. The molecule has 66 valence electrons. The second-order valence-corrected chi connectivity index (χ2v) is 2.43. The first-order valence-corrected chi connectivity index (χ1v) is 3.71. The van der Waals surface area contributed by atoms with Gasteiger partial charge in [-0.15, -0.1) is 0 Å². The highest BCUT2D eigenvalue weighted by Gasteiger charge is 1.96. The summed E-state index contributed by atoms with van der Waals surface area (Å²) in [5.41, 5.74) is 0. The van der Waals surface area contributed by atoms with Crippen LogP contribution in [0.4, 0.5) is 0 Å². The van der Waals surface area contributed by atoms with Crippen LogP contribution >= 0.6 is 0 Å². The van der Waals surface area contributed by atoms with Crippen LogP contribution in [-0.4, -0.2) is 19.9 Å². The van der Waals surface area contributed by atoms with E-state index in [1.54, 1.807) is 7.11 Å². The summed E-state index contributed by atoms with van der Waals surface area (Å²) in [6.07, 6.45) is 2.80. The Labute approximate surface area is 67.7 Å². The lowest BCUT2D eigenvalue weighted by Gasteiger charge is -2.06. The van der Waals surface area contributed by atoms with E-state index in [-0.39, 0.29) is 6.15 Å². The Hall–Kier alpha value is -0.660. The molecule has 0 aromatic carbocycles. The predicted molar refractivity (Wildman–Crippen MR) is 41.0 cm³/mol. The van der Waals surface area contributed by atoms with Crippen LogP contribution in [0.15, 0.2) is 0 Å². The highest BCUT2D eigenvalue weighted by molar-refractivity contribution is 5.20. The summed E-state index contributed by atoms with van der Waals surface area (Å²) in [6.45, 7) is 5.33. The Morgan fingerprint density at radius 2 is 1.91 bits per heavy atom. The van der Waals surface area contributed by atoms with Crippen molar-refractivity contribution in [2.24, 2.45) is 5.92 Å². The van der Waals surface area contributed by atoms with Gasteiger partial charge in [-0.25, -0.2) is 0 Å². The molecule has 0 aromatic heterocycles. The fourth-order valence-corrected chi connectivity index (χ4v) is 0.861. The molecular formula is C8H16O3. The van der Waals surface area contributed by atoms with E-state index in [2.05, 4.69) is 13.8 Å². The maximum Gasteiger partial charge on any atom is 0.373 e. The third-order valence-electron chi connectivity index (χ3n) is 1.23. The summed E-state index contributed by atoms with van der Waals surface area (Å²) in [5, 5.41) is 0. The summed E-state index contributed by atoms with van der Waals surface area (Å²) >= 11 is 0. The molecule has 0 aliphatic rings. The third-order valence-corrected chi connectivity index (χ3v) is 1.23. The van der Waals surface area contributed by atoms with Gasteiger partial charge < -0.3 is 4.74 Å². The van der Waals surface area contributed by atoms with Crippen molar-refractivity contribution in [1.29, 1.82) is 0 Å². The van der Waals surface area contributed by atoms with E-state index in [0.29, 0.717) is 0 Å². The lowest BCUT2D eigenvalue weighted by atomic mass is 10.1. The molecular weight excluding hydrogens is 144 g/mol. The van der Waals surface area contributed by atoms with Gasteiger partial charge in [-0.3, -0.25) is 0 Å². The van der Waals surface area contributed by atoms with Crippen molar-refractivity contribution in [2.75, 3.05) is 13.7 Å². The number of carbonyl (C=O) groups excluding carboxylic acids is 2. The first kappa shape index (κ1) is 13.0. The number of hydrogen-bond donors (Lipinski definition) is 0. The van der Waals surface area contributed by atoms with E-state index >= 15 is 0 Å². The Bertz CT molecular complexity index is 89.5. The minimum atomic E-state index is 0.250. The van der Waals surface area contributed by atoms with Crippen LogP contribution in [-0.2, 0) is 14.3 Å². The lowest BCUT2D eigenvalue weighted by Crippen LogP contribution is -2.01. The summed E-state index contributed by atoms with van der Waals surface area (Å²) in [7, 11) is 1.76. The number of rotatable bonds is 4. The van der Waals surface area contributed by atoms with Gasteiger partial charge in [0.05, 0.1) is 0 Å². The van der Waals surface area contributed by atoms with Gasteiger partial charge >= 0.3 is 6.15 Å². The molecule has 11 heavy (non-hydrogen) atoms. The molecule has 0 unspecified atom stereocenters. The second-order valence-electron chi connectivity index (χ2n) is 2.43. The molecule has 0 spiro atoms. The van der Waals surface area contributed by atoms with Crippen LogP contribution in [0.5, 0.6) is 0 Å². The quantitative estimate of drug-likeness (QED) is 0.625. The molecule has 0 radical (unpaired) electrons. The van der Waals surface area contributed by atoms with Gasteiger partial charge in [0.25, 0.3) is 0 Å². The van der Waals surface area contributed by atoms with E-state index in [4.69, 9.17) is 14.3 Å². The summed E-state index contributed by atoms with van der Waals surface area (Å²) in [6, 6.07) is 0. The Balaban J connectivity index is 0. The molecule has 0 saturated carbocycles. The van der Waals surface area contributed by atoms with E-state index in [0.717, 1.165) is 12.5 Å².